The minimum Gasteiger partial charge on any atom is -0.383 e. The van der Waals surface area contributed by atoms with Gasteiger partial charge in [0.05, 0.1) is 12.1 Å². The van der Waals surface area contributed by atoms with Crippen molar-refractivity contribution in [1.29, 1.82) is 0 Å². The van der Waals surface area contributed by atoms with Crippen LogP contribution in [0.25, 0.3) is 10.9 Å². The number of amides is 1. The summed E-state index contributed by atoms with van der Waals surface area (Å²) in [7, 11) is 1.62. The SMILES string of the molecule is CCn1c(C(=O)NCCOC)cc2cccc(Br)c21. The maximum Gasteiger partial charge on any atom is 0.268 e. The van der Waals surface area contributed by atoms with Gasteiger partial charge in [-0.25, -0.2) is 0 Å². The molecule has 4 nitrogen and oxygen atoms in total. The molecule has 5 heteroatoms. The van der Waals surface area contributed by atoms with Gasteiger partial charge < -0.3 is 14.6 Å². The van der Waals surface area contributed by atoms with Crippen molar-refractivity contribution < 1.29 is 9.53 Å². The van der Waals surface area contributed by atoms with Crippen LogP contribution in [0.5, 0.6) is 0 Å². The zero-order chi connectivity index (χ0) is 13.8. The number of halogens is 1. The van der Waals surface area contributed by atoms with Gasteiger partial charge >= 0.3 is 0 Å². The highest BCUT2D eigenvalue weighted by atomic mass is 79.9. The third kappa shape index (κ3) is 2.82. The van der Waals surface area contributed by atoms with E-state index >= 15 is 0 Å². The van der Waals surface area contributed by atoms with Crippen molar-refractivity contribution in [3.63, 3.8) is 0 Å². The summed E-state index contributed by atoms with van der Waals surface area (Å²) in [6, 6.07) is 7.89. The Bertz CT molecular complexity index is 592. The number of aryl methyl sites for hydroxylation is 1. The Morgan fingerprint density at radius 3 is 2.95 bits per heavy atom. The highest BCUT2D eigenvalue weighted by Crippen LogP contribution is 2.27. The van der Waals surface area contributed by atoms with Crippen LogP contribution in [0.2, 0.25) is 0 Å². The highest BCUT2D eigenvalue weighted by molar-refractivity contribution is 9.10. The van der Waals surface area contributed by atoms with Crippen molar-refractivity contribution >= 4 is 32.7 Å². The average molecular weight is 325 g/mol. The zero-order valence-corrected chi connectivity index (χ0v) is 12.7. The van der Waals surface area contributed by atoms with Crippen molar-refractivity contribution in [1.82, 2.24) is 9.88 Å². The first kappa shape index (κ1) is 14.1. The number of nitrogens with one attached hydrogen (secondary N) is 1. The molecule has 0 radical (unpaired) electrons. The third-order valence-electron chi connectivity index (χ3n) is 3.01. The van der Waals surface area contributed by atoms with Crippen LogP contribution in [0, 0.1) is 0 Å². The van der Waals surface area contributed by atoms with Gasteiger partial charge in [-0.15, -0.1) is 0 Å². The van der Waals surface area contributed by atoms with E-state index in [4.69, 9.17) is 4.74 Å². The molecule has 19 heavy (non-hydrogen) atoms. The van der Waals surface area contributed by atoms with E-state index in [1.165, 1.54) is 0 Å². The second-order valence-corrected chi connectivity index (χ2v) is 5.05. The lowest BCUT2D eigenvalue weighted by atomic mass is 10.2. The predicted octanol–water partition coefficient (Wildman–Crippen LogP) is 2.80. The van der Waals surface area contributed by atoms with Gasteiger partial charge in [0.1, 0.15) is 5.69 Å². The summed E-state index contributed by atoms with van der Waals surface area (Å²) in [5.41, 5.74) is 1.74. The quantitative estimate of drug-likeness (QED) is 0.859. The lowest BCUT2D eigenvalue weighted by Crippen LogP contribution is -2.28. The summed E-state index contributed by atoms with van der Waals surface area (Å²) in [5.74, 6) is -0.0676. The molecule has 0 unspecified atom stereocenters. The lowest BCUT2D eigenvalue weighted by Gasteiger charge is -2.09. The number of carbonyl (C=O) groups is 1. The molecule has 2 aromatic rings. The molecular weight excluding hydrogens is 308 g/mol. The van der Waals surface area contributed by atoms with Crippen molar-refractivity contribution in [3.05, 3.63) is 34.4 Å². The number of ether oxygens (including phenoxy) is 1. The van der Waals surface area contributed by atoms with Gasteiger partial charge in [-0.3, -0.25) is 4.79 Å². The van der Waals surface area contributed by atoms with Gasteiger partial charge in [-0.2, -0.15) is 0 Å². The van der Waals surface area contributed by atoms with Crippen LogP contribution in [0.15, 0.2) is 28.7 Å². The second-order valence-electron chi connectivity index (χ2n) is 4.20. The monoisotopic (exact) mass is 324 g/mol. The fraction of sp³-hybridized carbons (Fsp3) is 0.357. The Balaban J connectivity index is 2.37. The van der Waals surface area contributed by atoms with Crippen LogP contribution in [-0.4, -0.2) is 30.7 Å². The lowest BCUT2D eigenvalue weighted by molar-refractivity contribution is 0.0928. The summed E-state index contributed by atoms with van der Waals surface area (Å²) in [4.78, 5) is 12.2. The van der Waals surface area contributed by atoms with E-state index in [9.17, 15) is 4.79 Å². The number of nitrogens with zero attached hydrogens (tertiary/aromatic N) is 1. The summed E-state index contributed by atoms with van der Waals surface area (Å²) in [5, 5.41) is 3.92. The van der Waals surface area contributed by atoms with Gasteiger partial charge in [0.2, 0.25) is 0 Å². The minimum absolute atomic E-state index is 0.0676. The molecule has 0 atom stereocenters. The normalized spacial score (nSPS) is 10.9. The van der Waals surface area contributed by atoms with Gasteiger partial charge in [-0.05, 0) is 35.0 Å². The Hall–Kier alpha value is -1.33. The number of methoxy groups -OCH3 is 1. The number of carbonyl (C=O) groups excluding carboxylic acids is 1. The Kier molecular flexibility index (Phi) is 4.61. The predicted molar refractivity (Wildman–Crippen MR) is 79.5 cm³/mol. The summed E-state index contributed by atoms with van der Waals surface area (Å²) < 4.78 is 7.95. The zero-order valence-electron chi connectivity index (χ0n) is 11.1. The molecule has 0 saturated heterocycles. The Morgan fingerprint density at radius 2 is 2.26 bits per heavy atom. The Labute approximate surface area is 120 Å². The van der Waals surface area contributed by atoms with Crippen molar-refractivity contribution in [2.75, 3.05) is 20.3 Å². The molecule has 0 spiro atoms. The molecule has 1 amide bonds. The first-order valence-corrected chi connectivity index (χ1v) is 7.03. The molecular formula is C14H17BrN2O2. The van der Waals surface area contributed by atoms with E-state index in [1.807, 2.05) is 35.8 Å². The number of fused-ring (bicyclic) bond motifs is 1. The third-order valence-corrected chi connectivity index (χ3v) is 3.65. The molecule has 1 heterocycles. The topological polar surface area (TPSA) is 43.3 Å². The maximum absolute atomic E-state index is 12.2. The van der Waals surface area contributed by atoms with Crippen molar-refractivity contribution in [2.24, 2.45) is 0 Å². The van der Waals surface area contributed by atoms with Gasteiger partial charge in [-0.1, -0.05) is 12.1 Å². The largest absolute Gasteiger partial charge is 0.383 e. The fourth-order valence-corrected chi connectivity index (χ4v) is 2.75. The van der Waals surface area contributed by atoms with Gasteiger partial charge in [0.25, 0.3) is 5.91 Å². The van der Waals surface area contributed by atoms with E-state index in [-0.39, 0.29) is 5.91 Å². The molecule has 0 saturated carbocycles. The van der Waals surface area contributed by atoms with E-state index < -0.39 is 0 Å². The standard InChI is InChI=1S/C14H17BrN2O2/c1-3-17-12(14(18)16-7-8-19-2)9-10-5-4-6-11(15)13(10)17/h4-6,9H,3,7-8H2,1-2H3,(H,16,18). The molecule has 0 aliphatic heterocycles. The fourth-order valence-electron chi connectivity index (χ4n) is 2.15. The van der Waals surface area contributed by atoms with Crippen LogP contribution in [-0.2, 0) is 11.3 Å². The number of hydrogen-bond donors (Lipinski definition) is 1. The van der Waals surface area contributed by atoms with E-state index in [0.717, 1.165) is 21.9 Å². The van der Waals surface area contributed by atoms with Crippen LogP contribution >= 0.6 is 15.9 Å². The first-order chi connectivity index (χ1) is 9.19. The maximum atomic E-state index is 12.2. The minimum atomic E-state index is -0.0676. The van der Waals surface area contributed by atoms with Crippen LogP contribution in [0.3, 0.4) is 0 Å². The molecule has 2 rings (SSSR count). The molecule has 102 valence electrons. The molecule has 0 aliphatic carbocycles. The van der Waals surface area contributed by atoms with Crippen LogP contribution < -0.4 is 5.32 Å². The molecule has 1 aromatic carbocycles. The van der Waals surface area contributed by atoms with Gasteiger partial charge in [0.15, 0.2) is 0 Å². The molecule has 1 aromatic heterocycles. The Morgan fingerprint density at radius 1 is 1.47 bits per heavy atom. The van der Waals surface area contributed by atoms with E-state index in [2.05, 4.69) is 21.2 Å². The van der Waals surface area contributed by atoms with Crippen molar-refractivity contribution in [2.45, 2.75) is 13.5 Å². The highest BCUT2D eigenvalue weighted by Gasteiger charge is 2.15. The first-order valence-electron chi connectivity index (χ1n) is 6.24. The number of benzene rings is 1. The van der Waals surface area contributed by atoms with Crippen LogP contribution in [0.4, 0.5) is 0 Å². The second kappa shape index (κ2) is 6.21. The molecule has 1 N–H and O–H groups in total. The number of hydrogen-bond acceptors (Lipinski definition) is 2. The summed E-state index contributed by atoms with van der Waals surface area (Å²) in [6.07, 6.45) is 0. The average Bonchev–Trinajstić information content (AvgIpc) is 2.79. The molecule has 0 bridgehead atoms. The van der Waals surface area contributed by atoms with Crippen molar-refractivity contribution in [3.8, 4) is 0 Å². The number of aromatic nitrogens is 1. The smallest absolute Gasteiger partial charge is 0.268 e. The van der Waals surface area contributed by atoms with Gasteiger partial charge in [0, 0.05) is 30.1 Å². The summed E-state index contributed by atoms with van der Waals surface area (Å²) >= 11 is 3.54. The van der Waals surface area contributed by atoms with E-state index in [1.54, 1.807) is 7.11 Å². The van der Waals surface area contributed by atoms with E-state index in [0.29, 0.717) is 18.8 Å². The molecule has 0 fully saturated rings. The summed E-state index contributed by atoms with van der Waals surface area (Å²) in [6.45, 7) is 3.81. The number of para-hydroxylation sites is 1. The molecule has 0 aliphatic rings. The number of rotatable bonds is 5. The van der Waals surface area contributed by atoms with Crippen LogP contribution in [0.1, 0.15) is 17.4 Å².